The van der Waals surface area contributed by atoms with E-state index in [1.54, 1.807) is 0 Å². The molecule has 0 spiro atoms. The highest BCUT2D eigenvalue weighted by Gasteiger charge is 2.22. The van der Waals surface area contributed by atoms with Crippen LogP contribution in [0.4, 0.5) is 0 Å². The predicted molar refractivity (Wildman–Crippen MR) is 143 cm³/mol. The number of nitrogens with zero attached hydrogens (tertiary/aromatic N) is 2. The molecule has 1 heterocycles. The minimum absolute atomic E-state index is 0.0305. The summed E-state index contributed by atoms with van der Waals surface area (Å²) in [5, 5.41) is 5.07. The Morgan fingerprint density at radius 1 is 0.778 bits per heavy atom. The Labute approximate surface area is 212 Å². The van der Waals surface area contributed by atoms with E-state index < -0.39 is 21.6 Å². The van der Waals surface area contributed by atoms with Gasteiger partial charge in [0.05, 0.1) is 18.6 Å². The van der Waals surface area contributed by atoms with Gasteiger partial charge in [-0.25, -0.2) is 8.42 Å². The molecule has 0 fully saturated rings. The van der Waals surface area contributed by atoms with Crippen molar-refractivity contribution in [3.8, 4) is 33.6 Å². The highest BCUT2D eigenvalue weighted by Crippen LogP contribution is 2.40. The SMILES string of the molecule is COC(=O)CS(=O)(=O)CCCCCn1nc(-c2ccccc2)c(-c2ccccc2)c1-c1ccccc1. The molecule has 0 atom stereocenters. The molecular formula is C29H30N2O4S. The second-order valence-corrected chi connectivity index (χ2v) is 10.8. The number of hydrogen-bond donors (Lipinski definition) is 0. The topological polar surface area (TPSA) is 78.3 Å². The van der Waals surface area contributed by atoms with Crippen molar-refractivity contribution in [3.63, 3.8) is 0 Å². The van der Waals surface area contributed by atoms with E-state index in [2.05, 4.69) is 41.1 Å². The minimum atomic E-state index is -3.46. The second-order valence-electron chi connectivity index (χ2n) is 8.62. The number of benzene rings is 3. The van der Waals surface area contributed by atoms with E-state index in [4.69, 9.17) is 5.10 Å². The third-order valence-corrected chi connectivity index (χ3v) is 7.59. The van der Waals surface area contributed by atoms with Crippen LogP contribution in [0.2, 0.25) is 0 Å². The van der Waals surface area contributed by atoms with Crippen LogP contribution in [0.15, 0.2) is 91.0 Å². The first-order valence-corrected chi connectivity index (χ1v) is 13.8. The number of hydrogen-bond acceptors (Lipinski definition) is 5. The molecule has 1 aromatic heterocycles. The van der Waals surface area contributed by atoms with Crippen molar-refractivity contribution in [1.29, 1.82) is 0 Å². The smallest absolute Gasteiger partial charge is 0.320 e. The predicted octanol–water partition coefficient (Wildman–Crippen LogP) is 5.64. The van der Waals surface area contributed by atoms with Crippen LogP contribution in [0, 0.1) is 0 Å². The molecule has 0 aliphatic heterocycles. The maximum atomic E-state index is 12.1. The standard InChI is InChI=1S/C29H30N2O4S/c1-35-26(32)22-36(33,34)21-13-5-12-20-31-29(25-18-10-4-11-19-25)27(23-14-6-2-7-15-23)28(30-31)24-16-8-3-9-17-24/h2-4,6-11,14-19H,5,12-13,20-22H2,1H3. The number of carbonyl (C=O) groups is 1. The number of ether oxygens (including phenoxy) is 1. The number of methoxy groups -OCH3 is 1. The maximum Gasteiger partial charge on any atom is 0.320 e. The fourth-order valence-electron chi connectivity index (χ4n) is 4.26. The molecule has 0 aliphatic rings. The van der Waals surface area contributed by atoms with Crippen molar-refractivity contribution in [3.05, 3.63) is 91.0 Å². The first kappa shape index (κ1) is 25.4. The van der Waals surface area contributed by atoms with Crippen LogP contribution >= 0.6 is 0 Å². The summed E-state index contributed by atoms with van der Waals surface area (Å²) in [5.74, 6) is -1.32. The van der Waals surface area contributed by atoms with Crippen molar-refractivity contribution < 1.29 is 17.9 Å². The largest absolute Gasteiger partial charge is 0.468 e. The zero-order valence-electron chi connectivity index (χ0n) is 20.3. The lowest BCUT2D eigenvalue weighted by Crippen LogP contribution is -2.20. The van der Waals surface area contributed by atoms with Crippen molar-refractivity contribution in [2.75, 3.05) is 18.6 Å². The van der Waals surface area contributed by atoms with Crippen LogP contribution in [0.1, 0.15) is 19.3 Å². The number of carbonyl (C=O) groups excluding carboxylic acids is 1. The van der Waals surface area contributed by atoms with Gasteiger partial charge in [0.15, 0.2) is 9.84 Å². The Morgan fingerprint density at radius 3 is 1.92 bits per heavy atom. The summed E-state index contributed by atoms with van der Waals surface area (Å²) in [6, 6.07) is 30.7. The van der Waals surface area contributed by atoms with E-state index >= 15 is 0 Å². The molecule has 4 aromatic rings. The van der Waals surface area contributed by atoms with Crippen molar-refractivity contribution >= 4 is 15.8 Å². The average molecular weight is 503 g/mol. The summed E-state index contributed by atoms with van der Waals surface area (Å²) in [6.45, 7) is 0.647. The van der Waals surface area contributed by atoms with Crippen molar-refractivity contribution in [2.45, 2.75) is 25.8 Å². The van der Waals surface area contributed by atoms with Gasteiger partial charge in [-0.05, 0) is 18.4 Å². The lowest BCUT2D eigenvalue weighted by molar-refractivity contribution is -0.137. The van der Waals surface area contributed by atoms with E-state index in [-0.39, 0.29) is 5.75 Å². The number of esters is 1. The molecule has 0 unspecified atom stereocenters. The Kier molecular flexibility index (Phi) is 8.33. The van der Waals surface area contributed by atoms with Crippen molar-refractivity contribution in [2.24, 2.45) is 0 Å². The Bertz CT molecular complexity index is 1380. The lowest BCUT2D eigenvalue weighted by atomic mass is 9.96. The summed E-state index contributed by atoms with van der Waals surface area (Å²) in [4.78, 5) is 11.3. The van der Waals surface area contributed by atoms with E-state index in [9.17, 15) is 13.2 Å². The Balaban J connectivity index is 1.63. The van der Waals surface area contributed by atoms with Gasteiger partial charge < -0.3 is 4.74 Å². The van der Waals surface area contributed by atoms with Gasteiger partial charge in [-0.1, -0.05) is 97.4 Å². The molecule has 0 N–H and O–H groups in total. The van der Waals surface area contributed by atoms with Gasteiger partial charge in [0.25, 0.3) is 0 Å². The fraction of sp³-hybridized carbons (Fsp3) is 0.241. The summed E-state index contributed by atoms with van der Waals surface area (Å²) in [6.07, 6.45) is 1.95. The molecule has 0 radical (unpaired) electrons. The highest BCUT2D eigenvalue weighted by molar-refractivity contribution is 7.92. The lowest BCUT2D eigenvalue weighted by Gasteiger charge is -2.11. The van der Waals surface area contributed by atoms with E-state index in [0.29, 0.717) is 19.4 Å². The van der Waals surface area contributed by atoms with Gasteiger partial charge >= 0.3 is 5.97 Å². The molecule has 0 saturated heterocycles. The zero-order valence-corrected chi connectivity index (χ0v) is 21.2. The highest BCUT2D eigenvalue weighted by atomic mass is 32.2. The normalized spacial score (nSPS) is 11.4. The first-order chi connectivity index (χ1) is 17.5. The summed E-state index contributed by atoms with van der Waals surface area (Å²) < 4.78 is 30.8. The summed E-state index contributed by atoms with van der Waals surface area (Å²) in [5.41, 5.74) is 6.25. The number of unbranched alkanes of at least 4 members (excludes halogenated alkanes) is 2. The van der Waals surface area contributed by atoms with Gasteiger partial charge in [-0.2, -0.15) is 5.10 Å². The average Bonchev–Trinajstić information content (AvgIpc) is 3.29. The van der Waals surface area contributed by atoms with E-state index in [1.165, 1.54) is 7.11 Å². The van der Waals surface area contributed by atoms with Crippen LogP contribution in [0.5, 0.6) is 0 Å². The second kappa shape index (κ2) is 11.8. The van der Waals surface area contributed by atoms with Crippen LogP contribution in [0.25, 0.3) is 33.6 Å². The van der Waals surface area contributed by atoms with Crippen molar-refractivity contribution in [1.82, 2.24) is 9.78 Å². The molecule has 6 nitrogen and oxygen atoms in total. The third kappa shape index (κ3) is 6.29. The van der Waals surface area contributed by atoms with Crippen LogP contribution < -0.4 is 0 Å². The van der Waals surface area contributed by atoms with Gasteiger partial charge in [0, 0.05) is 23.2 Å². The maximum absolute atomic E-state index is 12.1. The zero-order chi connectivity index (χ0) is 25.4. The molecule has 3 aromatic carbocycles. The van der Waals surface area contributed by atoms with Crippen LogP contribution in [0.3, 0.4) is 0 Å². The molecule has 0 aliphatic carbocycles. The molecule has 0 bridgehead atoms. The third-order valence-electron chi connectivity index (χ3n) is 6.00. The minimum Gasteiger partial charge on any atom is -0.468 e. The quantitative estimate of drug-likeness (QED) is 0.196. The Morgan fingerprint density at radius 2 is 1.33 bits per heavy atom. The van der Waals surface area contributed by atoms with Crippen LogP contribution in [-0.2, 0) is 25.9 Å². The monoisotopic (exact) mass is 502 g/mol. The molecule has 7 heteroatoms. The first-order valence-electron chi connectivity index (χ1n) is 12.0. The van der Waals surface area contributed by atoms with Crippen LogP contribution in [-0.4, -0.2) is 42.8 Å². The molecule has 0 amide bonds. The summed E-state index contributed by atoms with van der Waals surface area (Å²) in [7, 11) is -2.27. The van der Waals surface area contributed by atoms with Gasteiger partial charge in [-0.15, -0.1) is 0 Å². The molecule has 186 valence electrons. The summed E-state index contributed by atoms with van der Waals surface area (Å²) >= 11 is 0. The molecular weight excluding hydrogens is 472 g/mol. The number of aromatic nitrogens is 2. The Hall–Kier alpha value is -3.71. The fourth-order valence-corrected chi connectivity index (χ4v) is 5.53. The van der Waals surface area contributed by atoms with Gasteiger partial charge in [-0.3, -0.25) is 9.48 Å². The van der Waals surface area contributed by atoms with Gasteiger partial charge in [0.2, 0.25) is 0 Å². The van der Waals surface area contributed by atoms with Gasteiger partial charge in [0.1, 0.15) is 11.4 Å². The van der Waals surface area contributed by atoms with E-state index in [1.807, 2.05) is 59.3 Å². The molecule has 0 saturated carbocycles. The number of aryl methyl sites for hydroxylation is 1. The number of sulfone groups is 1. The molecule has 4 rings (SSSR count). The van der Waals surface area contributed by atoms with E-state index in [0.717, 1.165) is 40.1 Å². The molecule has 36 heavy (non-hydrogen) atoms. The number of rotatable bonds is 11.